The number of fused-ring (bicyclic) bond motifs is 1. The molecule has 0 unspecified atom stereocenters. The Hall–Kier alpha value is -1.88. The van der Waals surface area contributed by atoms with E-state index in [1.807, 2.05) is 6.07 Å². The highest BCUT2D eigenvalue weighted by atomic mass is 79.9. The van der Waals surface area contributed by atoms with Crippen LogP contribution in [0.2, 0.25) is 10.0 Å². The van der Waals surface area contributed by atoms with Crippen molar-refractivity contribution in [2.24, 2.45) is 0 Å². The lowest BCUT2D eigenvalue weighted by Crippen LogP contribution is -2.48. The normalized spacial score (nSPS) is 15.5. The summed E-state index contributed by atoms with van der Waals surface area (Å²) in [6.45, 7) is 4.05. The molecule has 1 aromatic carbocycles. The fraction of sp³-hybridized carbons (Fsp3) is 0.350. The number of benzene rings is 1. The zero-order valence-corrected chi connectivity index (χ0v) is 19.9. The second kappa shape index (κ2) is 8.81. The van der Waals surface area contributed by atoms with E-state index in [4.69, 9.17) is 23.2 Å². The Labute approximate surface area is 200 Å². The molecule has 32 heavy (non-hydrogen) atoms. The molecule has 0 atom stereocenters. The summed E-state index contributed by atoms with van der Waals surface area (Å²) in [4.78, 5) is 20.9. The Kier molecular flexibility index (Phi) is 6.41. The third-order valence-corrected chi connectivity index (χ3v) is 6.54. The van der Waals surface area contributed by atoms with Gasteiger partial charge in [0.2, 0.25) is 0 Å². The van der Waals surface area contributed by atoms with Gasteiger partial charge in [-0.1, -0.05) is 29.3 Å². The van der Waals surface area contributed by atoms with Crippen LogP contribution in [-0.4, -0.2) is 56.5 Å². The molecular weight excluding hydrogens is 534 g/mol. The third kappa shape index (κ3) is 4.59. The van der Waals surface area contributed by atoms with Gasteiger partial charge in [-0.25, -0.2) is 9.50 Å². The van der Waals surface area contributed by atoms with Crippen LogP contribution >= 0.6 is 39.1 Å². The van der Waals surface area contributed by atoms with Crippen LogP contribution in [0.1, 0.15) is 27.4 Å². The fourth-order valence-corrected chi connectivity index (χ4v) is 4.57. The molecule has 3 heterocycles. The van der Waals surface area contributed by atoms with Crippen molar-refractivity contribution in [2.75, 3.05) is 26.2 Å². The van der Waals surface area contributed by atoms with Crippen LogP contribution in [0, 0.1) is 6.92 Å². The van der Waals surface area contributed by atoms with E-state index in [0.717, 1.165) is 11.6 Å². The van der Waals surface area contributed by atoms with Crippen molar-refractivity contribution in [1.29, 1.82) is 0 Å². The molecule has 1 aliphatic rings. The number of carbonyl (C=O) groups is 1. The molecule has 0 aliphatic carbocycles. The molecule has 1 aliphatic heterocycles. The van der Waals surface area contributed by atoms with Gasteiger partial charge >= 0.3 is 6.18 Å². The lowest BCUT2D eigenvalue weighted by Gasteiger charge is -2.34. The minimum atomic E-state index is -4.63. The Morgan fingerprint density at radius 2 is 1.84 bits per heavy atom. The number of alkyl halides is 3. The molecule has 1 fully saturated rings. The summed E-state index contributed by atoms with van der Waals surface area (Å²) in [5, 5.41) is 5.09. The number of aromatic nitrogens is 3. The van der Waals surface area contributed by atoms with E-state index in [0.29, 0.717) is 47.3 Å². The Morgan fingerprint density at radius 1 is 1.16 bits per heavy atom. The molecule has 0 saturated carbocycles. The Balaban J connectivity index is 1.51. The van der Waals surface area contributed by atoms with Crippen LogP contribution in [0.15, 0.2) is 28.7 Å². The summed E-state index contributed by atoms with van der Waals surface area (Å²) >= 11 is 15.4. The smallest absolute Gasteiger partial charge is 0.335 e. The quantitative estimate of drug-likeness (QED) is 0.456. The Bertz CT molecular complexity index is 1190. The minimum Gasteiger partial charge on any atom is -0.335 e. The van der Waals surface area contributed by atoms with Crippen LogP contribution in [0.4, 0.5) is 13.2 Å². The highest BCUT2D eigenvalue weighted by molar-refractivity contribution is 9.10. The van der Waals surface area contributed by atoms with Gasteiger partial charge in [0, 0.05) is 48.5 Å². The van der Waals surface area contributed by atoms with Crippen LogP contribution in [-0.2, 0) is 12.7 Å². The van der Waals surface area contributed by atoms with Crippen LogP contribution in [0.3, 0.4) is 0 Å². The Morgan fingerprint density at radius 3 is 2.47 bits per heavy atom. The first kappa shape index (κ1) is 23.3. The van der Waals surface area contributed by atoms with Gasteiger partial charge in [0.15, 0.2) is 11.3 Å². The van der Waals surface area contributed by atoms with Crippen LogP contribution < -0.4 is 0 Å². The van der Waals surface area contributed by atoms with Crippen molar-refractivity contribution in [3.05, 3.63) is 61.4 Å². The maximum absolute atomic E-state index is 13.4. The van der Waals surface area contributed by atoms with E-state index >= 15 is 0 Å². The van der Waals surface area contributed by atoms with Gasteiger partial charge < -0.3 is 4.90 Å². The van der Waals surface area contributed by atoms with E-state index in [9.17, 15) is 18.0 Å². The van der Waals surface area contributed by atoms with Crippen molar-refractivity contribution < 1.29 is 18.0 Å². The molecule has 0 bridgehead atoms. The van der Waals surface area contributed by atoms with Gasteiger partial charge in [-0.05, 0) is 46.6 Å². The van der Waals surface area contributed by atoms with Crippen molar-refractivity contribution in [3.63, 3.8) is 0 Å². The lowest BCUT2D eigenvalue weighted by molar-refractivity contribution is -0.142. The van der Waals surface area contributed by atoms with Gasteiger partial charge in [0.1, 0.15) is 5.69 Å². The standard InChI is InChI=1S/C20H17BrCl2F3N5O/c1-11-8-15(20(24,25)26)31-18(27-11)16(21)17(28-31)19(32)30-6-4-29(5-7-30)10-12-2-3-13(22)9-14(12)23/h2-3,8-9H,4-7,10H2,1H3. The number of amides is 1. The summed E-state index contributed by atoms with van der Waals surface area (Å²) in [6.07, 6.45) is -4.63. The van der Waals surface area contributed by atoms with E-state index < -0.39 is 17.8 Å². The molecule has 12 heteroatoms. The number of nitrogens with zero attached hydrogens (tertiary/aromatic N) is 5. The van der Waals surface area contributed by atoms with Crippen LogP contribution in [0.5, 0.6) is 0 Å². The third-order valence-electron chi connectivity index (χ3n) is 5.22. The first-order chi connectivity index (χ1) is 15.0. The molecule has 2 aromatic heterocycles. The summed E-state index contributed by atoms with van der Waals surface area (Å²) in [7, 11) is 0. The largest absolute Gasteiger partial charge is 0.433 e. The molecular formula is C20H17BrCl2F3N5O. The number of halogens is 6. The van der Waals surface area contributed by atoms with Crippen molar-refractivity contribution >= 4 is 50.7 Å². The maximum atomic E-state index is 13.4. The summed E-state index contributed by atoms with van der Waals surface area (Å²) in [5.41, 5.74) is -0.0112. The number of hydrogen-bond donors (Lipinski definition) is 0. The lowest BCUT2D eigenvalue weighted by atomic mass is 10.2. The predicted molar refractivity (Wildman–Crippen MR) is 118 cm³/mol. The first-order valence-electron chi connectivity index (χ1n) is 9.63. The van der Waals surface area contributed by atoms with Crippen molar-refractivity contribution in [3.8, 4) is 0 Å². The highest BCUT2D eigenvalue weighted by Crippen LogP contribution is 2.33. The average Bonchev–Trinajstić information content (AvgIpc) is 3.05. The highest BCUT2D eigenvalue weighted by Gasteiger charge is 2.36. The van der Waals surface area contributed by atoms with Gasteiger partial charge in [0.25, 0.3) is 5.91 Å². The number of piperazine rings is 1. The van der Waals surface area contributed by atoms with Gasteiger partial charge in [0.05, 0.1) is 4.47 Å². The second-order valence-corrected chi connectivity index (χ2v) is 9.12. The topological polar surface area (TPSA) is 53.7 Å². The number of aryl methyl sites for hydroxylation is 1. The van der Waals surface area contributed by atoms with E-state index in [1.165, 1.54) is 6.92 Å². The average molecular weight is 551 g/mol. The second-order valence-electron chi connectivity index (χ2n) is 7.48. The number of rotatable bonds is 3. The molecule has 1 amide bonds. The predicted octanol–water partition coefficient (Wildman–Crippen LogP) is 5.08. The molecule has 170 valence electrons. The molecule has 0 N–H and O–H groups in total. The van der Waals surface area contributed by atoms with Crippen LogP contribution in [0.25, 0.3) is 5.65 Å². The van der Waals surface area contributed by atoms with E-state index in [-0.39, 0.29) is 21.5 Å². The summed E-state index contributed by atoms with van der Waals surface area (Å²) in [6, 6.07) is 6.23. The molecule has 0 radical (unpaired) electrons. The minimum absolute atomic E-state index is 0.0447. The molecule has 0 spiro atoms. The molecule has 3 aromatic rings. The number of carbonyl (C=O) groups excluding carboxylic acids is 1. The van der Waals surface area contributed by atoms with Gasteiger partial charge in [-0.2, -0.15) is 18.3 Å². The number of hydrogen-bond acceptors (Lipinski definition) is 4. The summed E-state index contributed by atoms with van der Waals surface area (Å²) in [5.74, 6) is -0.447. The first-order valence-corrected chi connectivity index (χ1v) is 11.2. The van der Waals surface area contributed by atoms with Gasteiger partial charge in [-0.15, -0.1) is 0 Å². The molecule has 6 nitrogen and oxygen atoms in total. The molecule has 4 rings (SSSR count). The van der Waals surface area contributed by atoms with E-state index in [1.54, 1.807) is 17.0 Å². The van der Waals surface area contributed by atoms with Gasteiger partial charge in [-0.3, -0.25) is 9.69 Å². The van der Waals surface area contributed by atoms with E-state index in [2.05, 4.69) is 30.9 Å². The monoisotopic (exact) mass is 549 g/mol. The van der Waals surface area contributed by atoms with Crippen molar-refractivity contribution in [2.45, 2.75) is 19.6 Å². The maximum Gasteiger partial charge on any atom is 0.433 e. The fourth-order valence-electron chi connectivity index (χ4n) is 3.60. The zero-order chi connectivity index (χ0) is 23.2. The molecule has 1 saturated heterocycles. The SMILES string of the molecule is Cc1cc(C(F)(F)F)n2nc(C(=O)N3CCN(Cc4ccc(Cl)cc4Cl)CC3)c(Br)c2n1. The van der Waals surface area contributed by atoms with Crippen molar-refractivity contribution in [1.82, 2.24) is 24.4 Å². The zero-order valence-electron chi connectivity index (χ0n) is 16.8. The summed E-state index contributed by atoms with van der Waals surface area (Å²) < 4.78 is 41.2.